The van der Waals surface area contributed by atoms with Crippen LogP contribution in [0, 0.1) is 6.92 Å². The number of aryl methyl sites for hydroxylation is 1. The fraction of sp³-hybridized carbons (Fsp3) is 0.0667. The van der Waals surface area contributed by atoms with Gasteiger partial charge in [-0.1, -0.05) is 5.16 Å². The Morgan fingerprint density at radius 2 is 2.00 bits per heavy atom. The molecule has 1 amide bonds. The quantitative estimate of drug-likeness (QED) is 0.796. The van der Waals surface area contributed by atoms with Crippen molar-refractivity contribution in [3.8, 4) is 17.2 Å². The maximum atomic E-state index is 10.7. The van der Waals surface area contributed by atoms with Crippen molar-refractivity contribution in [2.24, 2.45) is 5.73 Å². The zero-order valence-electron chi connectivity index (χ0n) is 11.2. The van der Waals surface area contributed by atoms with E-state index < -0.39 is 6.09 Å². The van der Waals surface area contributed by atoms with Gasteiger partial charge in [0.2, 0.25) is 0 Å². The van der Waals surface area contributed by atoms with E-state index in [-0.39, 0.29) is 0 Å². The molecule has 2 aromatic carbocycles. The summed E-state index contributed by atoms with van der Waals surface area (Å²) in [6, 6.07) is 10.5. The van der Waals surface area contributed by atoms with Crippen LogP contribution in [0.15, 0.2) is 47.2 Å². The number of amides is 1. The molecule has 0 fully saturated rings. The zero-order valence-corrected chi connectivity index (χ0v) is 11.2. The van der Waals surface area contributed by atoms with Crippen LogP contribution < -0.4 is 15.2 Å². The van der Waals surface area contributed by atoms with E-state index in [1.54, 1.807) is 30.5 Å². The van der Waals surface area contributed by atoms with E-state index in [2.05, 4.69) is 5.16 Å². The summed E-state index contributed by atoms with van der Waals surface area (Å²) in [5, 5.41) is 4.77. The van der Waals surface area contributed by atoms with Gasteiger partial charge in [-0.25, -0.2) is 4.79 Å². The maximum absolute atomic E-state index is 10.7. The molecule has 2 N–H and O–H groups in total. The minimum Gasteiger partial charge on any atom is -0.457 e. The molecule has 3 aromatic rings. The summed E-state index contributed by atoms with van der Waals surface area (Å²) >= 11 is 0. The van der Waals surface area contributed by atoms with E-state index in [0.717, 1.165) is 16.5 Å². The highest BCUT2D eigenvalue weighted by atomic mass is 16.5. The molecule has 0 saturated heterocycles. The average molecular weight is 284 g/mol. The van der Waals surface area contributed by atoms with Crippen molar-refractivity contribution in [1.82, 2.24) is 5.16 Å². The first kappa shape index (κ1) is 13.0. The minimum absolute atomic E-state index is 0.374. The van der Waals surface area contributed by atoms with Crippen LogP contribution >= 0.6 is 0 Å². The number of fused-ring (bicyclic) bond motifs is 1. The topological polar surface area (TPSA) is 87.6 Å². The highest BCUT2D eigenvalue weighted by Crippen LogP contribution is 2.29. The number of nitrogens with zero attached hydrogens (tertiary/aromatic N) is 1. The molecule has 21 heavy (non-hydrogen) atoms. The van der Waals surface area contributed by atoms with E-state index in [9.17, 15) is 4.79 Å². The number of hydrogen-bond donors (Lipinski definition) is 1. The number of aromatic nitrogens is 1. The lowest BCUT2D eigenvalue weighted by Gasteiger charge is -2.10. The van der Waals surface area contributed by atoms with Crippen LogP contribution in [-0.4, -0.2) is 11.2 Å². The first-order valence-electron chi connectivity index (χ1n) is 6.22. The van der Waals surface area contributed by atoms with Crippen LogP contribution in [0.25, 0.3) is 10.9 Å². The molecule has 6 nitrogen and oxygen atoms in total. The molecule has 1 heterocycles. The molecule has 0 aliphatic rings. The lowest BCUT2D eigenvalue weighted by atomic mass is 10.2. The van der Waals surface area contributed by atoms with Crippen molar-refractivity contribution in [2.75, 3.05) is 0 Å². The Bertz CT molecular complexity index is 810. The number of benzene rings is 2. The number of carbonyl (C=O) groups is 1. The van der Waals surface area contributed by atoms with Gasteiger partial charge >= 0.3 is 6.09 Å². The molecule has 0 aliphatic heterocycles. The number of nitrogens with two attached hydrogens (primary N) is 1. The summed E-state index contributed by atoms with van der Waals surface area (Å²) < 4.78 is 15.5. The third kappa shape index (κ3) is 2.79. The van der Waals surface area contributed by atoms with Crippen molar-refractivity contribution in [3.05, 3.63) is 48.2 Å². The average Bonchev–Trinajstić information content (AvgIpc) is 2.88. The summed E-state index contributed by atoms with van der Waals surface area (Å²) in [6.07, 6.45) is 0.722. The van der Waals surface area contributed by atoms with Gasteiger partial charge in [0.05, 0.1) is 0 Å². The second kappa shape index (κ2) is 5.16. The van der Waals surface area contributed by atoms with E-state index in [4.69, 9.17) is 19.7 Å². The second-order valence-electron chi connectivity index (χ2n) is 4.49. The molecular formula is C15H12N2O4. The van der Waals surface area contributed by atoms with Gasteiger partial charge in [-0.2, -0.15) is 0 Å². The smallest absolute Gasteiger partial charge is 0.409 e. The molecule has 106 valence electrons. The standard InChI is InChI=1S/C15H12N2O4/c1-9-6-11(21-15(16)18)4-5-14(9)20-12-3-2-10-8-19-17-13(10)7-12/h2-8H,1H3,(H2,16,18). The first-order valence-corrected chi connectivity index (χ1v) is 6.22. The van der Waals surface area contributed by atoms with Crippen molar-refractivity contribution in [3.63, 3.8) is 0 Å². The Balaban J connectivity index is 1.85. The Morgan fingerprint density at radius 1 is 1.19 bits per heavy atom. The maximum Gasteiger partial charge on any atom is 0.409 e. The number of primary amides is 1. The molecule has 0 bridgehead atoms. The summed E-state index contributed by atoms with van der Waals surface area (Å²) in [5.74, 6) is 1.66. The van der Waals surface area contributed by atoms with Crippen molar-refractivity contribution < 1.29 is 18.8 Å². The SMILES string of the molecule is Cc1cc(OC(N)=O)ccc1Oc1ccc2conc2c1. The fourth-order valence-electron chi connectivity index (χ4n) is 1.95. The van der Waals surface area contributed by atoms with Crippen LogP contribution in [0.1, 0.15) is 5.56 Å². The minimum atomic E-state index is -0.848. The molecule has 0 saturated carbocycles. The Morgan fingerprint density at radius 3 is 2.76 bits per heavy atom. The molecule has 6 heteroatoms. The summed E-state index contributed by atoms with van der Waals surface area (Å²) in [5.41, 5.74) is 6.51. The normalized spacial score (nSPS) is 10.5. The summed E-state index contributed by atoms with van der Waals surface area (Å²) in [4.78, 5) is 10.7. The summed E-state index contributed by atoms with van der Waals surface area (Å²) in [7, 11) is 0. The van der Waals surface area contributed by atoms with Crippen LogP contribution in [0.3, 0.4) is 0 Å². The van der Waals surface area contributed by atoms with E-state index in [1.807, 2.05) is 19.1 Å². The van der Waals surface area contributed by atoms with Gasteiger partial charge in [-0.05, 0) is 42.8 Å². The third-order valence-corrected chi connectivity index (χ3v) is 2.93. The second-order valence-corrected chi connectivity index (χ2v) is 4.49. The third-order valence-electron chi connectivity index (χ3n) is 2.93. The van der Waals surface area contributed by atoms with E-state index >= 15 is 0 Å². The van der Waals surface area contributed by atoms with Gasteiger partial charge in [0, 0.05) is 11.5 Å². The number of rotatable bonds is 3. The molecule has 0 radical (unpaired) electrons. The van der Waals surface area contributed by atoms with Crippen molar-refractivity contribution >= 4 is 17.0 Å². The monoisotopic (exact) mass is 284 g/mol. The highest BCUT2D eigenvalue weighted by Gasteiger charge is 2.07. The predicted octanol–water partition coefficient (Wildman–Crippen LogP) is 3.39. The zero-order chi connectivity index (χ0) is 14.8. The lowest BCUT2D eigenvalue weighted by Crippen LogP contribution is -2.16. The Hall–Kier alpha value is -3.02. The van der Waals surface area contributed by atoms with Gasteiger partial charge in [-0.3, -0.25) is 0 Å². The van der Waals surface area contributed by atoms with Crippen LogP contribution in [-0.2, 0) is 0 Å². The molecule has 0 aliphatic carbocycles. The van der Waals surface area contributed by atoms with Gasteiger partial charge in [0.1, 0.15) is 29.0 Å². The Kier molecular flexibility index (Phi) is 3.19. The van der Waals surface area contributed by atoms with Gasteiger partial charge < -0.3 is 19.7 Å². The molecule has 1 aromatic heterocycles. The highest BCUT2D eigenvalue weighted by molar-refractivity contribution is 5.78. The Labute approximate surface area is 120 Å². The van der Waals surface area contributed by atoms with E-state index in [1.165, 1.54) is 0 Å². The van der Waals surface area contributed by atoms with Crippen molar-refractivity contribution in [1.29, 1.82) is 0 Å². The van der Waals surface area contributed by atoms with Crippen LogP contribution in [0.4, 0.5) is 4.79 Å². The molecular weight excluding hydrogens is 272 g/mol. The summed E-state index contributed by atoms with van der Waals surface area (Å²) in [6.45, 7) is 1.85. The fourth-order valence-corrected chi connectivity index (χ4v) is 1.95. The van der Waals surface area contributed by atoms with Crippen LogP contribution in [0.2, 0.25) is 0 Å². The number of hydrogen-bond acceptors (Lipinski definition) is 5. The van der Waals surface area contributed by atoms with E-state index in [0.29, 0.717) is 17.2 Å². The largest absolute Gasteiger partial charge is 0.457 e. The lowest BCUT2D eigenvalue weighted by molar-refractivity contribution is 0.211. The van der Waals surface area contributed by atoms with Gasteiger partial charge in [-0.15, -0.1) is 0 Å². The van der Waals surface area contributed by atoms with Crippen LogP contribution in [0.5, 0.6) is 17.2 Å². The van der Waals surface area contributed by atoms with Gasteiger partial charge in [0.15, 0.2) is 0 Å². The number of carbonyl (C=O) groups excluding carboxylic acids is 1. The molecule has 0 atom stereocenters. The predicted molar refractivity (Wildman–Crippen MR) is 75.5 cm³/mol. The molecule has 3 rings (SSSR count). The first-order chi connectivity index (χ1) is 10.1. The number of ether oxygens (including phenoxy) is 2. The van der Waals surface area contributed by atoms with Crippen molar-refractivity contribution in [2.45, 2.75) is 6.92 Å². The molecule has 0 spiro atoms. The molecule has 0 unspecified atom stereocenters. The van der Waals surface area contributed by atoms with Gasteiger partial charge in [0.25, 0.3) is 0 Å².